The second kappa shape index (κ2) is 7.05. The third kappa shape index (κ3) is 3.57. The van der Waals surface area contributed by atoms with Crippen LogP contribution in [0.1, 0.15) is 15.9 Å². The van der Waals surface area contributed by atoms with Crippen LogP contribution in [0.2, 0.25) is 0 Å². The first-order chi connectivity index (χ1) is 9.72. The molecule has 2 rings (SSSR count). The topological polar surface area (TPSA) is 53.2 Å². The van der Waals surface area contributed by atoms with Crippen molar-refractivity contribution in [1.82, 2.24) is 9.88 Å². The Balaban J connectivity index is 2.22. The maximum absolute atomic E-state index is 12.4. The van der Waals surface area contributed by atoms with E-state index in [1.54, 1.807) is 4.90 Å². The molecule has 4 nitrogen and oxygen atoms in total. The van der Waals surface area contributed by atoms with Gasteiger partial charge in [0.05, 0.1) is 0 Å². The van der Waals surface area contributed by atoms with Gasteiger partial charge in [-0.3, -0.25) is 9.59 Å². The highest BCUT2D eigenvalue weighted by Gasteiger charge is 2.18. The van der Waals surface area contributed by atoms with Gasteiger partial charge >= 0.3 is 0 Å². The van der Waals surface area contributed by atoms with E-state index in [2.05, 4.69) is 20.9 Å². The number of nitrogens with one attached hydrogen (secondary N) is 1. The molecule has 0 radical (unpaired) electrons. The molecule has 1 heterocycles. The summed E-state index contributed by atoms with van der Waals surface area (Å²) in [4.78, 5) is 28.6. The summed E-state index contributed by atoms with van der Waals surface area (Å²) in [6.45, 7) is 1.03. The van der Waals surface area contributed by atoms with Crippen LogP contribution in [0.4, 0.5) is 0 Å². The van der Waals surface area contributed by atoms with Gasteiger partial charge in [-0.1, -0.05) is 46.3 Å². The SMILES string of the molecule is O=C(c1c[nH]ccc1=O)N(CCBr)Cc1ccccc1. The van der Waals surface area contributed by atoms with Crippen molar-refractivity contribution in [3.05, 3.63) is 70.1 Å². The van der Waals surface area contributed by atoms with Crippen LogP contribution in [0.5, 0.6) is 0 Å². The smallest absolute Gasteiger partial charge is 0.259 e. The minimum atomic E-state index is -0.263. The van der Waals surface area contributed by atoms with E-state index in [1.165, 1.54) is 18.5 Å². The van der Waals surface area contributed by atoms with Gasteiger partial charge in [0.25, 0.3) is 5.91 Å². The fourth-order valence-corrected chi connectivity index (χ4v) is 2.34. The standard InChI is InChI=1S/C15H15BrN2O2/c16-7-9-18(11-12-4-2-1-3-5-12)15(20)13-10-17-8-6-14(13)19/h1-6,8,10H,7,9,11H2,(H,17,19). The number of halogens is 1. The van der Waals surface area contributed by atoms with Crippen molar-refractivity contribution in [1.29, 1.82) is 0 Å². The number of aromatic nitrogens is 1. The summed E-state index contributed by atoms with van der Waals surface area (Å²) in [5.74, 6) is -0.254. The molecule has 20 heavy (non-hydrogen) atoms. The Labute approximate surface area is 125 Å². The van der Waals surface area contributed by atoms with Crippen LogP contribution in [0.3, 0.4) is 0 Å². The molecule has 0 fully saturated rings. The number of carbonyl (C=O) groups is 1. The number of amides is 1. The number of alkyl halides is 1. The fourth-order valence-electron chi connectivity index (χ4n) is 1.91. The molecular formula is C15H15BrN2O2. The van der Waals surface area contributed by atoms with E-state index in [-0.39, 0.29) is 16.9 Å². The van der Waals surface area contributed by atoms with Crippen LogP contribution >= 0.6 is 15.9 Å². The Morgan fingerprint density at radius 1 is 1.20 bits per heavy atom. The quantitative estimate of drug-likeness (QED) is 0.853. The summed E-state index contributed by atoms with van der Waals surface area (Å²) >= 11 is 3.34. The number of H-pyrrole nitrogens is 1. The molecule has 0 saturated carbocycles. The van der Waals surface area contributed by atoms with Gasteiger partial charge in [0.2, 0.25) is 0 Å². The van der Waals surface area contributed by atoms with E-state index in [0.29, 0.717) is 18.4 Å². The van der Waals surface area contributed by atoms with E-state index < -0.39 is 0 Å². The van der Waals surface area contributed by atoms with Gasteiger partial charge in [0, 0.05) is 36.9 Å². The number of pyridine rings is 1. The normalized spacial score (nSPS) is 10.2. The molecule has 0 saturated heterocycles. The van der Waals surface area contributed by atoms with Crippen LogP contribution in [-0.2, 0) is 6.54 Å². The fraction of sp³-hybridized carbons (Fsp3) is 0.200. The number of carbonyl (C=O) groups excluding carboxylic acids is 1. The van der Waals surface area contributed by atoms with Gasteiger partial charge < -0.3 is 9.88 Å². The van der Waals surface area contributed by atoms with Crippen LogP contribution < -0.4 is 5.43 Å². The first-order valence-corrected chi connectivity index (χ1v) is 7.41. The van der Waals surface area contributed by atoms with E-state index in [0.717, 1.165) is 5.56 Å². The number of aromatic amines is 1. The lowest BCUT2D eigenvalue weighted by Crippen LogP contribution is -2.35. The highest BCUT2D eigenvalue weighted by Crippen LogP contribution is 2.08. The molecule has 1 aromatic heterocycles. The summed E-state index contributed by atoms with van der Waals surface area (Å²) in [6.07, 6.45) is 2.97. The first-order valence-electron chi connectivity index (χ1n) is 6.28. The second-order valence-electron chi connectivity index (χ2n) is 4.32. The third-order valence-electron chi connectivity index (χ3n) is 2.91. The Bertz CT molecular complexity index is 625. The monoisotopic (exact) mass is 334 g/mol. The van der Waals surface area contributed by atoms with Gasteiger partial charge in [0.15, 0.2) is 5.43 Å². The van der Waals surface area contributed by atoms with Crippen molar-refractivity contribution in [2.75, 3.05) is 11.9 Å². The Morgan fingerprint density at radius 2 is 1.95 bits per heavy atom. The molecule has 1 amide bonds. The zero-order valence-corrected chi connectivity index (χ0v) is 12.5. The van der Waals surface area contributed by atoms with Crippen molar-refractivity contribution in [2.24, 2.45) is 0 Å². The molecule has 0 bridgehead atoms. The number of hydrogen-bond donors (Lipinski definition) is 1. The predicted molar refractivity (Wildman–Crippen MR) is 82.0 cm³/mol. The van der Waals surface area contributed by atoms with Crippen LogP contribution in [0, 0.1) is 0 Å². The molecule has 0 spiro atoms. The van der Waals surface area contributed by atoms with Gasteiger partial charge in [-0.25, -0.2) is 0 Å². The number of hydrogen-bond acceptors (Lipinski definition) is 2. The van der Waals surface area contributed by atoms with E-state index in [1.807, 2.05) is 30.3 Å². The summed E-state index contributed by atoms with van der Waals surface area (Å²) in [5.41, 5.74) is 0.944. The maximum atomic E-state index is 12.4. The van der Waals surface area contributed by atoms with E-state index in [4.69, 9.17) is 0 Å². The Morgan fingerprint density at radius 3 is 2.60 bits per heavy atom. The lowest BCUT2D eigenvalue weighted by Gasteiger charge is -2.21. The minimum absolute atomic E-state index is 0.171. The van der Waals surface area contributed by atoms with Gasteiger partial charge in [-0.05, 0) is 5.56 Å². The van der Waals surface area contributed by atoms with Gasteiger partial charge in [-0.2, -0.15) is 0 Å². The lowest BCUT2D eigenvalue weighted by atomic mass is 10.2. The van der Waals surface area contributed by atoms with Crippen molar-refractivity contribution >= 4 is 21.8 Å². The first kappa shape index (κ1) is 14.5. The molecule has 1 N–H and O–H groups in total. The van der Waals surface area contributed by atoms with Crippen molar-refractivity contribution in [3.8, 4) is 0 Å². The third-order valence-corrected chi connectivity index (χ3v) is 3.27. The number of rotatable bonds is 5. The van der Waals surface area contributed by atoms with Crippen molar-refractivity contribution in [2.45, 2.75) is 6.54 Å². The summed E-state index contributed by atoms with van der Waals surface area (Å²) < 4.78 is 0. The van der Waals surface area contributed by atoms with Crippen LogP contribution in [0.25, 0.3) is 0 Å². The average Bonchev–Trinajstić information content (AvgIpc) is 2.48. The zero-order chi connectivity index (χ0) is 14.4. The summed E-state index contributed by atoms with van der Waals surface area (Å²) in [5, 5.41) is 0.663. The van der Waals surface area contributed by atoms with Gasteiger partial charge in [0.1, 0.15) is 5.56 Å². The molecule has 0 aliphatic carbocycles. The molecule has 104 valence electrons. The Kier molecular flexibility index (Phi) is 5.12. The van der Waals surface area contributed by atoms with E-state index >= 15 is 0 Å². The molecule has 0 unspecified atom stereocenters. The highest BCUT2D eigenvalue weighted by molar-refractivity contribution is 9.09. The molecule has 1 aromatic carbocycles. The van der Waals surface area contributed by atoms with Crippen LogP contribution in [0.15, 0.2) is 53.6 Å². The minimum Gasteiger partial charge on any atom is -0.367 e. The number of benzene rings is 1. The lowest BCUT2D eigenvalue weighted by molar-refractivity contribution is 0.0753. The van der Waals surface area contributed by atoms with Crippen molar-refractivity contribution < 1.29 is 4.79 Å². The summed E-state index contributed by atoms with van der Waals surface area (Å²) in [6, 6.07) is 11.1. The van der Waals surface area contributed by atoms with Crippen LogP contribution in [-0.4, -0.2) is 27.7 Å². The van der Waals surface area contributed by atoms with E-state index in [9.17, 15) is 9.59 Å². The second-order valence-corrected chi connectivity index (χ2v) is 5.12. The molecule has 0 atom stereocenters. The molecule has 0 aliphatic heterocycles. The molecular weight excluding hydrogens is 320 g/mol. The Hall–Kier alpha value is -1.88. The average molecular weight is 335 g/mol. The van der Waals surface area contributed by atoms with Crippen molar-refractivity contribution in [3.63, 3.8) is 0 Å². The zero-order valence-electron chi connectivity index (χ0n) is 10.9. The highest BCUT2D eigenvalue weighted by atomic mass is 79.9. The number of nitrogens with zero attached hydrogens (tertiary/aromatic N) is 1. The largest absolute Gasteiger partial charge is 0.367 e. The predicted octanol–water partition coefficient (Wildman–Crippen LogP) is 2.41. The summed E-state index contributed by atoms with van der Waals surface area (Å²) in [7, 11) is 0. The molecule has 2 aromatic rings. The van der Waals surface area contributed by atoms with Gasteiger partial charge in [-0.15, -0.1) is 0 Å². The maximum Gasteiger partial charge on any atom is 0.259 e. The molecule has 0 aliphatic rings. The molecule has 5 heteroatoms.